The van der Waals surface area contributed by atoms with Crippen LogP contribution in [0.5, 0.6) is 0 Å². The van der Waals surface area contributed by atoms with E-state index in [1.165, 1.54) is 5.56 Å². The fourth-order valence-corrected chi connectivity index (χ4v) is 2.09. The average molecular weight is 264 g/mol. The molecule has 0 aliphatic carbocycles. The Labute approximate surface area is 118 Å². The fourth-order valence-electron chi connectivity index (χ4n) is 2.09. The fraction of sp³-hybridized carbons (Fsp3) is 0.125. The van der Waals surface area contributed by atoms with Crippen LogP contribution in [0.3, 0.4) is 0 Å². The van der Waals surface area contributed by atoms with E-state index in [1.807, 2.05) is 53.5 Å². The monoisotopic (exact) mass is 264 g/mol. The van der Waals surface area contributed by atoms with Crippen LogP contribution < -0.4 is 5.32 Å². The predicted molar refractivity (Wildman–Crippen MR) is 79.3 cm³/mol. The van der Waals surface area contributed by atoms with Crippen molar-refractivity contribution in [3.63, 3.8) is 0 Å². The normalized spacial score (nSPS) is 10.4. The van der Waals surface area contributed by atoms with Gasteiger partial charge in [-0.2, -0.15) is 5.10 Å². The first-order valence-electron chi connectivity index (χ1n) is 6.61. The van der Waals surface area contributed by atoms with Crippen LogP contribution in [-0.4, -0.2) is 14.8 Å². The quantitative estimate of drug-likeness (QED) is 0.770. The smallest absolute Gasteiger partial charge is 0.0679 e. The Hall–Kier alpha value is -2.62. The van der Waals surface area contributed by atoms with E-state index in [0.717, 1.165) is 24.5 Å². The number of hydrogen-bond donors (Lipinski definition) is 1. The second-order valence-corrected chi connectivity index (χ2v) is 4.54. The van der Waals surface area contributed by atoms with Crippen molar-refractivity contribution < 1.29 is 0 Å². The topological polar surface area (TPSA) is 42.7 Å². The van der Waals surface area contributed by atoms with Gasteiger partial charge in [0, 0.05) is 24.3 Å². The lowest BCUT2D eigenvalue weighted by Crippen LogP contribution is -2.07. The molecule has 4 heteroatoms. The minimum atomic E-state index is 0.719. The molecule has 20 heavy (non-hydrogen) atoms. The summed E-state index contributed by atoms with van der Waals surface area (Å²) < 4.78 is 1.92. The summed E-state index contributed by atoms with van der Waals surface area (Å²) in [6.07, 6.45) is 5.58. The van der Waals surface area contributed by atoms with Crippen LogP contribution in [0.4, 0.5) is 5.69 Å². The molecule has 0 amide bonds. The largest absolute Gasteiger partial charge is 0.379 e. The summed E-state index contributed by atoms with van der Waals surface area (Å²) in [4.78, 5) is 4.32. The van der Waals surface area contributed by atoms with Crippen LogP contribution in [0.1, 0.15) is 11.3 Å². The molecule has 1 aromatic carbocycles. The molecule has 0 bridgehead atoms. The Balaban J connectivity index is 1.73. The van der Waals surface area contributed by atoms with Gasteiger partial charge in [0.05, 0.1) is 18.8 Å². The first-order valence-corrected chi connectivity index (χ1v) is 6.61. The number of nitrogens with one attached hydrogen (secondary N) is 1. The Morgan fingerprint density at radius 1 is 0.950 bits per heavy atom. The van der Waals surface area contributed by atoms with E-state index in [9.17, 15) is 0 Å². The van der Waals surface area contributed by atoms with Gasteiger partial charge < -0.3 is 5.32 Å². The third-order valence-corrected chi connectivity index (χ3v) is 3.10. The molecule has 1 N–H and O–H groups in total. The third-order valence-electron chi connectivity index (χ3n) is 3.10. The minimum absolute atomic E-state index is 0.719. The van der Waals surface area contributed by atoms with Gasteiger partial charge in [0.1, 0.15) is 0 Å². The highest BCUT2D eigenvalue weighted by Crippen LogP contribution is 2.16. The van der Waals surface area contributed by atoms with E-state index in [1.54, 1.807) is 6.20 Å². The van der Waals surface area contributed by atoms with Crippen LogP contribution in [0.2, 0.25) is 0 Å². The van der Waals surface area contributed by atoms with Crippen LogP contribution in [0.25, 0.3) is 0 Å². The Bertz CT molecular complexity index is 647. The molecule has 4 nitrogen and oxygen atoms in total. The number of nitrogens with zero attached hydrogens (tertiary/aromatic N) is 3. The van der Waals surface area contributed by atoms with E-state index in [-0.39, 0.29) is 0 Å². The SMILES string of the molecule is c1ccc(CNc2ccccc2Cn2cccn2)nc1. The summed E-state index contributed by atoms with van der Waals surface area (Å²) in [5.74, 6) is 0. The molecular formula is C16H16N4. The zero-order chi connectivity index (χ0) is 13.6. The van der Waals surface area contributed by atoms with Crippen molar-refractivity contribution >= 4 is 5.69 Å². The number of aromatic nitrogens is 3. The highest BCUT2D eigenvalue weighted by molar-refractivity contribution is 5.51. The first kappa shape index (κ1) is 12.4. The van der Waals surface area contributed by atoms with Gasteiger partial charge in [0.25, 0.3) is 0 Å². The molecule has 0 fully saturated rings. The van der Waals surface area contributed by atoms with Gasteiger partial charge in [-0.25, -0.2) is 0 Å². The molecule has 0 spiro atoms. The van der Waals surface area contributed by atoms with Gasteiger partial charge in [0.15, 0.2) is 0 Å². The van der Waals surface area contributed by atoms with Crippen molar-refractivity contribution in [3.8, 4) is 0 Å². The minimum Gasteiger partial charge on any atom is -0.379 e. The van der Waals surface area contributed by atoms with Gasteiger partial charge in [0.2, 0.25) is 0 Å². The lowest BCUT2D eigenvalue weighted by Gasteiger charge is -2.12. The zero-order valence-corrected chi connectivity index (χ0v) is 11.1. The predicted octanol–water partition coefficient (Wildman–Crippen LogP) is 2.94. The van der Waals surface area contributed by atoms with E-state index in [2.05, 4.69) is 27.5 Å². The maximum atomic E-state index is 4.32. The van der Waals surface area contributed by atoms with Crippen LogP contribution in [0.15, 0.2) is 67.1 Å². The summed E-state index contributed by atoms with van der Waals surface area (Å²) in [6, 6.07) is 16.2. The van der Waals surface area contributed by atoms with E-state index >= 15 is 0 Å². The van der Waals surface area contributed by atoms with Gasteiger partial charge in [-0.05, 0) is 29.8 Å². The van der Waals surface area contributed by atoms with E-state index < -0.39 is 0 Å². The number of hydrogen-bond acceptors (Lipinski definition) is 3. The lowest BCUT2D eigenvalue weighted by molar-refractivity contribution is 0.687. The van der Waals surface area contributed by atoms with Crippen LogP contribution in [-0.2, 0) is 13.1 Å². The summed E-state index contributed by atoms with van der Waals surface area (Å²) in [6.45, 7) is 1.48. The Kier molecular flexibility index (Phi) is 3.73. The van der Waals surface area contributed by atoms with Crippen molar-refractivity contribution in [2.75, 3.05) is 5.32 Å². The molecule has 100 valence electrons. The van der Waals surface area contributed by atoms with Gasteiger partial charge in [-0.15, -0.1) is 0 Å². The average Bonchev–Trinajstić information content (AvgIpc) is 3.00. The molecule has 0 aliphatic rings. The van der Waals surface area contributed by atoms with Gasteiger partial charge in [-0.3, -0.25) is 9.67 Å². The highest BCUT2D eigenvalue weighted by atomic mass is 15.3. The summed E-state index contributed by atoms with van der Waals surface area (Å²) >= 11 is 0. The van der Waals surface area contributed by atoms with E-state index in [4.69, 9.17) is 0 Å². The molecule has 0 saturated carbocycles. The standard InChI is InChI=1S/C16H16N4/c1-2-8-16(18-12-15-7-3-4-9-17-15)14(6-1)13-20-11-5-10-19-20/h1-11,18H,12-13H2. The second kappa shape index (κ2) is 6.02. The maximum absolute atomic E-state index is 4.32. The number of para-hydroxylation sites is 1. The van der Waals surface area contributed by atoms with Crippen LogP contribution >= 0.6 is 0 Å². The number of rotatable bonds is 5. The van der Waals surface area contributed by atoms with Crippen LogP contribution in [0, 0.1) is 0 Å². The molecule has 0 saturated heterocycles. The number of pyridine rings is 1. The van der Waals surface area contributed by atoms with Gasteiger partial charge >= 0.3 is 0 Å². The molecule has 0 radical (unpaired) electrons. The number of benzene rings is 1. The van der Waals surface area contributed by atoms with Crippen molar-refractivity contribution in [2.45, 2.75) is 13.1 Å². The number of anilines is 1. The lowest BCUT2D eigenvalue weighted by atomic mass is 10.1. The third kappa shape index (κ3) is 3.03. The van der Waals surface area contributed by atoms with E-state index in [0.29, 0.717) is 0 Å². The molecular weight excluding hydrogens is 248 g/mol. The summed E-state index contributed by atoms with van der Waals surface area (Å²) in [5.41, 5.74) is 3.36. The molecule has 3 aromatic rings. The second-order valence-electron chi connectivity index (χ2n) is 4.54. The molecule has 2 heterocycles. The summed E-state index contributed by atoms with van der Waals surface area (Å²) in [5, 5.41) is 7.69. The highest BCUT2D eigenvalue weighted by Gasteiger charge is 2.03. The molecule has 0 atom stereocenters. The summed E-state index contributed by atoms with van der Waals surface area (Å²) in [7, 11) is 0. The van der Waals surface area contributed by atoms with Crippen molar-refractivity contribution in [1.82, 2.24) is 14.8 Å². The van der Waals surface area contributed by atoms with Crippen molar-refractivity contribution in [1.29, 1.82) is 0 Å². The maximum Gasteiger partial charge on any atom is 0.0679 e. The molecule has 3 rings (SSSR count). The van der Waals surface area contributed by atoms with Crippen molar-refractivity contribution in [3.05, 3.63) is 78.4 Å². The Morgan fingerprint density at radius 2 is 1.85 bits per heavy atom. The zero-order valence-electron chi connectivity index (χ0n) is 11.1. The first-order chi connectivity index (χ1) is 9.92. The molecule has 0 unspecified atom stereocenters. The molecule has 2 aromatic heterocycles. The van der Waals surface area contributed by atoms with Crippen molar-refractivity contribution in [2.24, 2.45) is 0 Å². The molecule has 0 aliphatic heterocycles. The Morgan fingerprint density at radius 3 is 2.65 bits per heavy atom. The van der Waals surface area contributed by atoms with Gasteiger partial charge in [-0.1, -0.05) is 24.3 Å².